The van der Waals surface area contributed by atoms with Gasteiger partial charge in [0, 0.05) is 13.1 Å². The molecule has 18 heavy (non-hydrogen) atoms. The summed E-state index contributed by atoms with van der Waals surface area (Å²) < 4.78 is 0. The Morgan fingerprint density at radius 3 is 2.61 bits per heavy atom. The molecule has 0 N–H and O–H groups in total. The van der Waals surface area contributed by atoms with Crippen LogP contribution in [-0.2, 0) is 6.42 Å². The molecule has 100 valence electrons. The van der Waals surface area contributed by atoms with Gasteiger partial charge in [-0.05, 0) is 24.7 Å². The highest BCUT2D eigenvalue weighted by Gasteiger charge is 2.24. The number of carbonyl (C=O) groups is 1. The van der Waals surface area contributed by atoms with Gasteiger partial charge < -0.3 is 4.90 Å². The number of rotatable bonds is 4. The van der Waals surface area contributed by atoms with Gasteiger partial charge in [-0.25, -0.2) is 4.98 Å². The number of piperidine rings is 1. The molecule has 4 heteroatoms. The molecule has 1 aliphatic heterocycles. The van der Waals surface area contributed by atoms with Crippen molar-refractivity contribution in [3.05, 3.63) is 10.6 Å². The number of aryl methyl sites for hydroxylation is 1. The zero-order valence-corrected chi connectivity index (χ0v) is 12.3. The Morgan fingerprint density at radius 1 is 1.39 bits per heavy atom. The van der Waals surface area contributed by atoms with Crippen molar-refractivity contribution in [1.82, 2.24) is 4.98 Å². The molecule has 0 radical (unpaired) electrons. The van der Waals surface area contributed by atoms with Crippen molar-refractivity contribution in [2.75, 3.05) is 18.0 Å². The summed E-state index contributed by atoms with van der Waals surface area (Å²) in [6.07, 6.45) is 4.20. The maximum atomic E-state index is 11.1. The monoisotopic (exact) mass is 266 g/mol. The first-order valence-corrected chi connectivity index (χ1v) is 7.65. The van der Waals surface area contributed by atoms with Crippen LogP contribution in [0.2, 0.25) is 0 Å². The summed E-state index contributed by atoms with van der Waals surface area (Å²) in [5.41, 5.74) is 0.985. The Bertz CT molecular complexity index is 406. The molecule has 2 atom stereocenters. The molecule has 3 nitrogen and oxygen atoms in total. The van der Waals surface area contributed by atoms with Crippen LogP contribution in [0.25, 0.3) is 0 Å². The number of anilines is 1. The highest BCUT2D eigenvalue weighted by Crippen LogP contribution is 2.31. The average molecular weight is 266 g/mol. The normalized spacial score (nSPS) is 24.3. The fourth-order valence-electron chi connectivity index (χ4n) is 2.81. The molecule has 0 aromatic carbocycles. The largest absolute Gasteiger partial charge is 0.348 e. The lowest BCUT2D eigenvalue weighted by molar-refractivity contribution is 0.112. The van der Waals surface area contributed by atoms with E-state index in [1.807, 2.05) is 0 Å². The molecular weight excluding hydrogens is 244 g/mol. The van der Waals surface area contributed by atoms with Gasteiger partial charge in [0.05, 0.1) is 10.6 Å². The van der Waals surface area contributed by atoms with Crippen LogP contribution in [0.5, 0.6) is 0 Å². The van der Waals surface area contributed by atoms with Crippen LogP contribution in [0.4, 0.5) is 5.13 Å². The lowest BCUT2D eigenvalue weighted by Crippen LogP contribution is -2.38. The maximum Gasteiger partial charge on any atom is 0.186 e. The van der Waals surface area contributed by atoms with Gasteiger partial charge in [-0.3, -0.25) is 4.79 Å². The molecule has 1 aliphatic rings. The molecule has 2 unspecified atom stereocenters. The van der Waals surface area contributed by atoms with Gasteiger partial charge in [0.2, 0.25) is 0 Å². The van der Waals surface area contributed by atoms with E-state index in [0.29, 0.717) is 11.8 Å². The zero-order chi connectivity index (χ0) is 13.1. The van der Waals surface area contributed by atoms with Gasteiger partial charge in [-0.1, -0.05) is 38.5 Å². The van der Waals surface area contributed by atoms with E-state index in [-0.39, 0.29) is 0 Å². The minimum atomic E-state index is 0.715. The molecule has 2 heterocycles. The second-order valence-electron chi connectivity index (χ2n) is 5.53. The lowest BCUT2D eigenvalue weighted by Gasteiger charge is -2.34. The fraction of sp³-hybridized carbons (Fsp3) is 0.714. The Morgan fingerprint density at radius 2 is 2.06 bits per heavy atom. The van der Waals surface area contributed by atoms with E-state index in [0.717, 1.165) is 47.9 Å². The van der Waals surface area contributed by atoms with Gasteiger partial charge in [-0.2, -0.15) is 0 Å². The highest BCUT2D eigenvalue weighted by molar-refractivity contribution is 7.17. The summed E-state index contributed by atoms with van der Waals surface area (Å²) in [7, 11) is 0. The van der Waals surface area contributed by atoms with E-state index < -0.39 is 0 Å². The molecule has 0 spiro atoms. The molecule has 0 saturated carbocycles. The number of hydrogen-bond donors (Lipinski definition) is 0. The summed E-state index contributed by atoms with van der Waals surface area (Å²) in [4.78, 5) is 18.9. The third kappa shape index (κ3) is 2.91. The Kier molecular flexibility index (Phi) is 4.38. The lowest BCUT2D eigenvalue weighted by atomic mass is 9.92. The molecule has 0 bridgehead atoms. The molecule has 2 rings (SSSR count). The van der Waals surface area contributed by atoms with Crippen LogP contribution in [0.1, 0.15) is 49.0 Å². The average Bonchev–Trinajstić information content (AvgIpc) is 2.71. The highest BCUT2D eigenvalue weighted by atomic mass is 32.1. The SMILES string of the molecule is CCCc1nc(N2CC(C)CC(C)C2)sc1C=O. The van der Waals surface area contributed by atoms with Gasteiger partial charge in [-0.15, -0.1) is 0 Å². The topological polar surface area (TPSA) is 33.2 Å². The molecule has 0 aliphatic carbocycles. The number of aldehydes is 1. The zero-order valence-electron chi connectivity index (χ0n) is 11.5. The molecule has 1 aromatic heterocycles. The fourth-order valence-corrected chi connectivity index (χ4v) is 3.76. The third-order valence-corrected chi connectivity index (χ3v) is 4.53. The van der Waals surface area contributed by atoms with Gasteiger partial charge in [0.15, 0.2) is 11.4 Å². The molecule has 1 saturated heterocycles. The number of aromatic nitrogens is 1. The van der Waals surface area contributed by atoms with Gasteiger partial charge in [0.25, 0.3) is 0 Å². The smallest absolute Gasteiger partial charge is 0.186 e. The second kappa shape index (κ2) is 5.83. The van der Waals surface area contributed by atoms with Crippen LogP contribution < -0.4 is 4.90 Å². The van der Waals surface area contributed by atoms with E-state index in [9.17, 15) is 4.79 Å². The van der Waals surface area contributed by atoms with Crippen molar-refractivity contribution in [2.45, 2.75) is 40.0 Å². The first kappa shape index (κ1) is 13.5. The number of hydrogen-bond acceptors (Lipinski definition) is 4. The van der Waals surface area contributed by atoms with E-state index in [1.165, 1.54) is 6.42 Å². The third-order valence-electron chi connectivity index (χ3n) is 3.45. The molecule has 1 aromatic rings. The summed E-state index contributed by atoms with van der Waals surface area (Å²) in [5, 5.41) is 1.04. The van der Waals surface area contributed by atoms with Crippen molar-refractivity contribution in [1.29, 1.82) is 0 Å². The molecular formula is C14H22N2OS. The van der Waals surface area contributed by atoms with Crippen molar-refractivity contribution in [3.8, 4) is 0 Å². The Labute approximate surface area is 113 Å². The van der Waals surface area contributed by atoms with E-state index in [2.05, 4.69) is 30.7 Å². The summed E-state index contributed by atoms with van der Waals surface area (Å²) in [5.74, 6) is 1.43. The Balaban J connectivity index is 2.19. The van der Waals surface area contributed by atoms with E-state index >= 15 is 0 Å². The number of thiazole rings is 1. The first-order chi connectivity index (χ1) is 8.63. The number of carbonyl (C=O) groups excluding carboxylic acids is 1. The second-order valence-corrected chi connectivity index (χ2v) is 6.54. The van der Waals surface area contributed by atoms with Crippen molar-refractivity contribution in [3.63, 3.8) is 0 Å². The van der Waals surface area contributed by atoms with Crippen LogP contribution in [0.3, 0.4) is 0 Å². The summed E-state index contributed by atoms with van der Waals surface area (Å²) >= 11 is 1.56. The van der Waals surface area contributed by atoms with Crippen LogP contribution >= 0.6 is 11.3 Å². The predicted molar refractivity (Wildman–Crippen MR) is 76.7 cm³/mol. The number of nitrogens with zero attached hydrogens (tertiary/aromatic N) is 2. The predicted octanol–water partition coefficient (Wildman–Crippen LogP) is 3.39. The maximum absolute atomic E-state index is 11.1. The summed E-state index contributed by atoms with van der Waals surface area (Å²) in [6, 6.07) is 0. The molecule has 1 fully saturated rings. The van der Waals surface area contributed by atoms with Crippen molar-refractivity contribution in [2.24, 2.45) is 11.8 Å². The van der Waals surface area contributed by atoms with E-state index in [4.69, 9.17) is 0 Å². The minimum Gasteiger partial charge on any atom is -0.348 e. The van der Waals surface area contributed by atoms with Crippen LogP contribution in [-0.4, -0.2) is 24.4 Å². The molecule has 0 amide bonds. The van der Waals surface area contributed by atoms with Crippen LogP contribution in [0.15, 0.2) is 0 Å². The van der Waals surface area contributed by atoms with Crippen molar-refractivity contribution >= 4 is 22.8 Å². The van der Waals surface area contributed by atoms with Crippen LogP contribution in [0, 0.1) is 11.8 Å². The van der Waals surface area contributed by atoms with Gasteiger partial charge in [0.1, 0.15) is 0 Å². The first-order valence-electron chi connectivity index (χ1n) is 6.83. The summed E-state index contributed by atoms with van der Waals surface area (Å²) in [6.45, 7) is 8.86. The minimum absolute atomic E-state index is 0.715. The standard InChI is InChI=1S/C14H22N2OS/c1-4-5-12-13(9-17)18-14(15-12)16-7-10(2)6-11(3)8-16/h9-11H,4-8H2,1-3H3. The Hall–Kier alpha value is -0.900. The van der Waals surface area contributed by atoms with Gasteiger partial charge >= 0.3 is 0 Å². The van der Waals surface area contributed by atoms with E-state index in [1.54, 1.807) is 11.3 Å². The quantitative estimate of drug-likeness (QED) is 0.783. The van der Waals surface area contributed by atoms with Crippen molar-refractivity contribution < 1.29 is 4.79 Å².